The van der Waals surface area contributed by atoms with E-state index in [0.29, 0.717) is 38.2 Å². The lowest BCUT2D eigenvalue weighted by Gasteiger charge is -2.30. The van der Waals surface area contributed by atoms with Crippen molar-refractivity contribution in [1.82, 2.24) is 14.8 Å². The number of methoxy groups -OCH3 is 1. The summed E-state index contributed by atoms with van der Waals surface area (Å²) in [7, 11) is 1.60. The highest BCUT2D eigenvalue weighted by molar-refractivity contribution is 5.94. The van der Waals surface area contributed by atoms with Crippen LogP contribution in [0.3, 0.4) is 0 Å². The van der Waals surface area contributed by atoms with Gasteiger partial charge in [0.2, 0.25) is 11.5 Å². The van der Waals surface area contributed by atoms with Crippen LogP contribution in [0.2, 0.25) is 0 Å². The van der Waals surface area contributed by atoms with Crippen molar-refractivity contribution in [3.8, 4) is 0 Å². The molecule has 29 heavy (non-hydrogen) atoms. The number of carbonyl (C=O) groups excluding carboxylic acids is 2. The molecule has 3 heterocycles. The Morgan fingerprint density at radius 3 is 2.59 bits per heavy atom. The van der Waals surface area contributed by atoms with Gasteiger partial charge in [-0.15, -0.1) is 0 Å². The lowest BCUT2D eigenvalue weighted by molar-refractivity contribution is -0.133. The fourth-order valence-corrected chi connectivity index (χ4v) is 4.60. The number of likely N-dealkylation sites (tertiary alicyclic amines) is 2. The second kappa shape index (κ2) is 8.21. The molecule has 0 spiro atoms. The van der Waals surface area contributed by atoms with Crippen LogP contribution in [-0.4, -0.2) is 59.9 Å². The number of fused-ring (bicyclic) bond motifs is 1. The molecule has 2 fully saturated rings. The Kier molecular flexibility index (Phi) is 5.49. The number of aromatic nitrogens is 1. The first-order valence-electron chi connectivity index (χ1n) is 9.90. The van der Waals surface area contributed by atoms with Gasteiger partial charge < -0.3 is 19.5 Å². The molecule has 1 N–H and O–H groups in total. The maximum absolute atomic E-state index is 12.9. The van der Waals surface area contributed by atoms with Crippen molar-refractivity contribution in [2.75, 3.05) is 33.4 Å². The van der Waals surface area contributed by atoms with E-state index in [2.05, 4.69) is 17.1 Å². The molecule has 0 bridgehead atoms. The van der Waals surface area contributed by atoms with E-state index in [0.717, 1.165) is 5.56 Å². The summed E-state index contributed by atoms with van der Waals surface area (Å²) in [6.07, 6.45) is 1.83. The van der Waals surface area contributed by atoms with Gasteiger partial charge in [-0.3, -0.25) is 14.4 Å². The fraction of sp³-hybridized carbons (Fsp3) is 0.409. The number of benzene rings is 1. The predicted octanol–water partition coefficient (Wildman–Crippen LogP) is 1.68. The maximum Gasteiger partial charge on any atom is 0.255 e. The van der Waals surface area contributed by atoms with E-state index in [1.54, 1.807) is 13.2 Å². The van der Waals surface area contributed by atoms with E-state index in [9.17, 15) is 14.4 Å². The van der Waals surface area contributed by atoms with Crippen LogP contribution in [-0.2, 0) is 9.53 Å². The molecule has 7 nitrogen and oxygen atoms in total. The molecule has 2 aromatic rings. The number of nitrogens with one attached hydrogen (secondary N) is 1. The Bertz CT molecular complexity index is 922. The van der Waals surface area contributed by atoms with Crippen molar-refractivity contribution in [2.24, 2.45) is 11.8 Å². The molecule has 2 saturated heterocycles. The minimum atomic E-state index is -0.228. The standard InChI is InChI=1S/C22H25N3O4/c1-29-10-9-20(27)25-13-17-12-24(22(28)16-7-8-19(26)23-11-16)14-18(17)21(25)15-5-3-2-4-6-15/h2-8,11,17-18,21H,9-10,12-14H2,1H3,(H,23,26)/t17-,18-,21+/m0/s1. The van der Waals surface area contributed by atoms with Gasteiger partial charge in [-0.05, 0) is 11.6 Å². The molecule has 3 atom stereocenters. The summed E-state index contributed by atoms with van der Waals surface area (Å²) < 4.78 is 5.09. The number of pyridine rings is 1. The summed E-state index contributed by atoms with van der Waals surface area (Å²) >= 11 is 0. The third-order valence-electron chi connectivity index (χ3n) is 5.96. The van der Waals surface area contributed by atoms with Gasteiger partial charge in [-0.25, -0.2) is 0 Å². The van der Waals surface area contributed by atoms with Crippen LogP contribution >= 0.6 is 0 Å². The first-order valence-corrected chi connectivity index (χ1v) is 9.90. The summed E-state index contributed by atoms with van der Waals surface area (Å²) in [5.74, 6) is 0.433. The van der Waals surface area contributed by atoms with Crippen molar-refractivity contribution < 1.29 is 14.3 Å². The van der Waals surface area contributed by atoms with E-state index < -0.39 is 0 Å². The Morgan fingerprint density at radius 1 is 1.10 bits per heavy atom. The van der Waals surface area contributed by atoms with Crippen molar-refractivity contribution in [2.45, 2.75) is 12.5 Å². The van der Waals surface area contributed by atoms with Gasteiger partial charge in [0, 0.05) is 50.8 Å². The van der Waals surface area contributed by atoms with E-state index in [-0.39, 0.29) is 35.3 Å². The Labute approximate surface area is 169 Å². The molecular weight excluding hydrogens is 370 g/mol. The second-order valence-electron chi connectivity index (χ2n) is 7.72. The molecular formula is C22H25N3O4. The smallest absolute Gasteiger partial charge is 0.255 e. The topological polar surface area (TPSA) is 82.7 Å². The van der Waals surface area contributed by atoms with Crippen molar-refractivity contribution >= 4 is 11.8 Å². The van der Waals surface area contributed by atoms with Crippen LogP contribution in [0.5, 0.6) is 0 Å². The quantitative estimate of drug-likeness (QED) is 0.835. The summed E-state index contributed by atoms with van der Waals surface area (Å²) in [4.78, 5) is 43.4. The lowest BCUT2D eigenvalue weighted by Crippen LogP contribution is -2.37. The highest BCUT2D eigenvalue weighted by atomic mass is 16.5. The van der Waals surface area contributed by atoms with Gasteiger partial charge in [0.15, 0.2) is 0 Å². The first kappa shape index (κ1) is 19.4. The molecule has 2 aliphatic rings. The summed E-state index contributed by atoms with van der Waals surface area (Å²) in [5, 5.41) is 0. The van der Waals surface area contributed by atoms with Crippen LogP contribution in [0, 0.1) is 11.8 Å². The average molecular weight is 395 g/mol. The van der Waals surface area contributed by atoms with Gasteiger partial charge in [0.05, 0.1) is 24.6 Å². The number of H-pyrrole nitrogens is 1. The summed E-state index contributed by atoms with van der Waals surface area (Å²) in [5.41, 5.74) is 1.35. The first-order chi connectivity index (χ1) is 14.1. The average Bonchev–Trinajstić information content (AvgIpc) is 3.30. The third-order valence-corrected chi connectivity index (χ3v) is 5.96. The monoisotopic (exact) mass is 395 g/mol. The van der Waals surface area contributed by atoms with Crippen molar-refractivity contribution in [3.05, 3.63) is 70.1 Å². The zero-order valence-electron chi connectivity index (χ0n) is 16.4. The van der Waals surface area contributed by atoms with Crippen LogP contribution in [0.4, 0.5) is 0 Å². The minimum Gasteiger partial charge on any atom is -0.384 e. The van der Waals surface area contributed by atoms with Gasteiger partial charge in [-0.1, -0.05) is 30.3 Å². The fourth-order valence-electron chi connectivity index (χ4n) is 4.60. The Balaban J connectivity index is 1.56. The molecule has 7 heteroatoms. The number of hydrogen-bond donors (Lipinski definition) is 1. The Morgan fingerprint density at radius 2 is 1.90 bits per heavy atom. The molecule has 1 aromatic heterocycles. The molecule has 0 unspecified atom stereocenters. The van der Waals surface area contributed by atoms with Crippen LogP contribution < -0.4 is 5.56 Å². The number of aromatic amines is 1. The Hall–Kier alpha value is -2.93. The zero-order valence-corrected chi connectivity index (χ0v) is 16.4. The number of ether oxygens (including phenoxy) is 1. The molecule has 0 saturated carbocycles. The number of rotatable bonds is 5. The molecule has 152 valence electrons. The predicted molar refractivity (Wildman–Crippen MR) is 107 cm³/mol. The van der Waals surface area contributed by atoms with E-state index in [4.69, 9.17) is 4.74 Å². The third kappa shape index (κ3) is 3.82. The van der Waals surface area contributed by atoms with Crippen LogP contribution in [0.25, 0.3) is 0 Å². The SMILES string of the molecule is COCCC(=O)N1C[C@@H]2CN(C(=O)c3ccc(=O)[nH]c3)C[C@@H]2[C@H]1c1ccccc1. The number of hydrogen-bond acceptors (Lipinski definition) is 4. The molecule has 0 aliphatic carbocycles. The van der Waals surface area contributed by atoms with Crippen LogP contribution in [0.15, 0.2) is 53.5 Å². The largest absolute Gasteiger partial charge is 0.384 e. The summed E-state index contributed by atoms with van der Waals surface area (Å²) in [6, 6.07) is 12.9. The van der Waals surface area contributed by atoms with Gasteiger partial charge in [0.25, 0.3) is 5.91 Å². The molecule has 2 amide bonds. The van der Waals surface area contributed by atoms with E-state index in [1.165, 1.54) is 12.3 Å². The highest BCUT2D eigenvalue weighted by Crippen LogP contribution is 2.45. The molecule has 0 radical (unpaired) electrons. The normalized spacial score (nSPS) is 23.3. The zero-order chi connectivity index (χ0) is 20.4. The highest BCUT2D eigenvalue weighted by Gasteiger charge is 2.49. The second-order valence-corrected chi connectivity index (χ2v) is 7.72. The maximum atomic E-state index is 12.9. The van der Waals surface area contributed by atoms with Gasteiger partial charge >= 0.3 is 0 Å². The molecule has 4 rings (SSSR count). The summed E-state index contributed by atoms with van der Waals surface area (Å²) in [6.45, 7) is 2.25. The van der Waals surface area contributed by atoms with E-state index >= 15 is 0 Å². The lowest BCUT2D eigenvalue weighted by atomic mass is 9.89. The number of carbonyl (C=O) groups is 2. The number of nitrogens with zero attached hydrogens (tertiary/aromatic N) is 2. The van der Waals surface area contributed by atoms with Crippen molar-refractivity contribution in [3.63, 3.8) is 0 Å². The molecule has 1 aromatic carbocycles. The molecule has 2 aliphatic heterocycles. The van der Waals surface area contributed by atoms with Gasteiger partial charge in [0.1, 0.15) is 0 Å². The minimum absolute atomic E-state index is 0.0427. The van der Waals surface area contributed by atoms with E-state index in [1.807, 2.05) is 28.0 Å². The van der Waals surface area contributed by atoms with Crippen LogP contribution in [0.1, 0.15) is 28.4 Å². The van der Waals surface area contributed by atoms with Gasteiger partial charge in [-0.2, -0.15) is 0 Å². The number of amides is 2. The van der Waals surface area contributed by atoms with Crippen molar-refractivity contribution in [1.29, 1.82) is 0 Å².